The molecule has 1 amide bonds. The summed E-state index contributed by atoms with van der Waals surface area (Å²) in [5, 5.41) is 3.95. The van der Waals surface area contributed by atoms with E-state index in [0.29, 0.717) is 6.42 Å². The highest BCUT2D eigenvalue weighted by atomic mass is 16.2. The van der Waals surface area contributed by atoms with Gasteiger partial charge in [0.15, 0.2) is 0 Å². The van der Waals surface area contributed by atoms with E-state index in [9.17, 15) is 4.79 Å². The zero-order valence-electron chi connectivity index (χ0n) is 9.10. The van der Waals surface area contributed by atoms with Crippen molar-refractivity contribution in [3.8, 4) is 0 Å². The third kappa shape index (κ3) is 2.14. The van der Waals surface area contributed by atoms with Crippen molar-refractivity contribution in [1.82, 2.24) is 5.32 Å². The highest BCUT2D eigenvalue weighted by Gasteiger charge is 2.17. The van der Waals surface area contributed by atoms with Gasteiger partial charge in [-0.1, -0.05) is 30.3 Å². The third-order valence-corrected chi connectivity index (χ3v) is 2.51. The molecular weight excluding hydrogens is 200 g/mol. The molecule has 0 aromatic heterocycles. The highest BCUT2D eigenvalue weighted by molar-refractivity contribution is 5.95. The summed E-state index contributed by atoms with van der Waals surface area (Å²) in [5.74, 6) is -0.328. The lowest BCUT2D eigenvalue weighted by molar-refractivity contribution is -0.117. The molecule has 0 unspecified atom stereocenters. The molecule has 16 heavy (non-hydrogen) atoms. The predicted octanol–water partition coefficient (Wildman–Crippen LogP) is 1.49. The number of carbonyl (C=O) groups is 1. The van der Waals surface area contributed by atoms with Gasteiger partial charge in [-0.05, 0) is 24.1 Å². The van der Waals surface area contributed by atoms with Crippen LogP contribution in [0, 0.1) is 0 Å². The highest BCUT2D eigenvalue weighted by Crippen LogP contribution is 2.15. The average molecular weight is 213 g/mol. The summed E-state index contributed by atoms with van der Waals surface area (Å²) in [6, 6.07) is 9.93. The molecule has 81 valence electrons. The zero-order chi connectivity index (χ0) is 11.5. The summed E-state index contributed by atoms with van der Waals surface area (Å²) in [6.07, 6.45) is 2.53. The first-order valence-electron chi connectivity index (χ1n) is 5.14. The lowest BCUT2D eigenvalue weighted by Crippen LogP contribution is -2.27. The topological polar surface area (TPSA) is 57.2 Å². The molecule has 2 N–H and O–H groups in total. The summed E-state index contributed by atoms with van der Waals surface area (Å²) in [5.41, 5.74) is 8.52. The first-order valence-corrected chi connectivity index (χ1v) is 5.14. The molecule has 3 nitrogen and oxygen atoms in total. The molecule has 3 heteroatoms. The third-order valence-electron chi connectivity index (χ3n) is 2.51. The van der Waals surface area contributed by atoms with Gasteiger partial charge in [-0.25, -0.2) is 5.32 Å². The Balaban J connectivity index is 2.19. The lowest BCUT2D eigenvalue weighted by atomic mass is 10.0. The fourth-order valence-electron chi connectivity index (χ4n) is 1.61. The van der Waals surface area contributed by atoms with Crippen molar-refractivity contribution in [2.45, 2.75) is 13.3 Å². The van der Waals surface area contributed by atoms with Crippen LogP contribution in [-0.2, 0) is 11.2 Å². The normalized spacial score (nSPS) is 15.8. The second-order valence-electron chi connectivity index (χ2n) is 3.81. The van der Waals surface area contributed by atoms with Crippen LogP contribution in [0.4, 0.5) is 0 Å². The summed E-state index contributed by atoms with van der Waals surface area (Å²) in [6.45, 7) is 1.83. The van der Waals surface area contributed by atoms with Crippen LogP contribution in [0.15, 0.2) is 53.4 Å². The Kier molecular flexibility index (Phi) is 2.77. The smallest absolute Gasteiger partial charge is 0.293 e. The van der Waals surface area contributed by atoms with Crippen LogP contribution in [0.25, 0.3) is 0 Å². The zero-order valence-corrected chi connectivity index (χ0v) is 9.10. The Bertz CT molecular complexity index is 472. The number of nitrogens with zero attached hydrogens (tertiary/aromatic N) is 1. The van der Waals surface area contributed by atoms with Gasteiger partial charge in [0.1, 0.15) is 5.70 Å². The molecule has 0 saturated carbocycles. The molecule has 1 aromatic rings. The van der Waals surface area contributed by atoms with E-state index >= 15 is 0 Å². The number of rotatable bonds is 2. The SMILES string of the molecule is CC1=C(N)C(=O)[N]C(Cc2ccccc2)=C1. The van der Waals surface area contributed by atoms with E-state index in [1.807, 2.05) is 43.3 Å². The van der Waals surface area contributed by atoms with Gasteiger partial charge in [-0.2, -0.15) is 0 Å². The Morgan fingerprint density at radius 3 is 2.56 bits per heavy atom. The Hall–Kier alpha value is -2.03. The van der Waals surface area contributed by atoms with Crippen LogP contribution >= 0.6 is 0 Å². The van der Waals surface area contributed by atoms with E-state index in [2.05, 4.69) is 5.32 Å². The van der Waals surface area contributed by atoms with Gasteiger partial charge in [0, 0.05) is 12.1 Å². The standard InChI is InChI=1S/C13H13N2O/c1-9-7-11(15-13(16)12(9)14)8-10-5-3-2-4-6-10/h2-7H,8,14H2,1H3. The number of hydrogen-bond acceptors (Lipinski definition) is 2. The van der Waals surface area contributed by atoms with Gasteiger partial charge in [-0.15, -0.1) is 0 Å². The molecule has 1 radical (unpaired) electrons. The van der Waals surface area contributed by atoms with Gasteiger partial charge >= 0.3 is 0 Å². The van der Waals surface area contributed by atoms with Crippen molar-refractivity contribution in [1.29, 1.82) is 0 Å². The maximum absolute atomic E-state index is 11.4. The van der Waals surface area contributed by atoms with Crippen molar-refractivity contribution in [2.75, 3.05) is 0 Å². The van der Waals surface area contributed by atoms with E-state index in [0.717, 1.165) is 16.8 Å². The number of hydrogen-bond donors (Lipinski definition) is 1. The first kappa shape index (κ1) is 10.5. The molecule has 1 aliphatic rings. The van der Waals surface area contributed by atoms with Crippen LogP contribution in [0.3, 0.4) is 0 Å². The predicted molar refractivity (Wildman–Crippen MR) is 62.3 cm³/mol. The van der Waals surface area contributed by atoms with Crippen LogP contribution in [-0.4, -0.2) is 5.91 Å². The van der Waals surface area contributed by atoms with Crippen molar-refractivity contribution in [3.63, 3.8) is 0 Å². The molecule has 1 aliphatic heterocycles. The van der Waals surface area contributed by atoms with Crippen LogP contribution in [0.2, 0.25) is 0 Å². The van der Waals surface area contributed by atoms with Crippen molar-refractivity contribution >= 4 is 5.91 Å². The summed E-state index contributed by atoms with van der Waals surface area (Å²) in [7, 11) is 0. The van der Waals surface area contributed by atoms with Crippen LogP contribution < -0.4 is 11.1 Å². The fourth-order valence-corrected chi connectivity index (χ4v) is 1.61. The fraction of sp³-hybridized carbons (Fsp3) is 0.154. The largest absolute Gasteiger partial charge is 0.394 e. The molecule has 2 rings (SSSR count). The maximum atomic E-state index is 11.4. The second kappa shape index (κ2) is 4.23. The van der Waals surface area contributed by atoms with Crippen LogP contribution in [0.1, 0.15) is 12.5 Å². The summed E-state index contributed by atoms with van der Waals surface area (Å²) in [4.78, 5) is 11.4. The minimum absolute atomic E-state index is 0.247. The molecule has 0 saturated heterocycles. The lowest BCUT2D eigenvalue weighted by Gasteiger charge is -2.14. The Morgan fingerprint density at radius 1 is 1.25 bits per heavy atom. The van der Waals surface area contributed by atoms with Crippen molar-refractivity contribution in [2.24, 2.45) is 5.73 Å². The number of amides is 1. The number of allylic oxidation sites excluding steroid dienone is 3. The van der Waals surface area contributed by atoms with E-state index in [-0.39, 0.29) is 11.6 Å². The first-order chi connectivity index (χ1) is 7.66. The van der Waals surface area contributed by atoms with Gasteiger partial charge in [-0.3, -0.25) is 4.79 Å². The van der Waals surface area contributed by atoms with E-state index in [1.165, 1.54) is 0 Å². The van der Waals surface area contributed by atoms with Gasteiger partial charge < -0.3 is 5.73 Å². The molecular formula is C13H13N2O. The van der Waals surface area contributed by atoms with Gasteiger partial charge in [0.2, 0.25) is 0 Å². The van der Waals surface area contributed by atoms with E-state index in [1.54, 1.807) is 0 Å². The number of benzene rings is 1. The average Bonchev–Trinajstić information content (AvgIpc) is 2.27. The Labute approximate surface area is 94.7 Å². The van der Waals surface area contributed by atoms with E-state index in [4.69, 9.17) is 5.73 Å². The van der Waals surface area contributed by atoms with Crippen molar-refractivity contribution < 1.29 is 4.79 Å². The summed E-state index contributed by atoms with van der Waals surface area (Å²) >= 11 is 0. The molecule has 1 aromatic carbocycles. The quantitative estimate of drug-likeness (QED) is 0.809. The molecule has 0 aliphatic carbocycles. The molecule has 0 fully saturated rings. The Morgan fingerprint density at radius 2 is 1.94 bits per heavy atom. The van der Waals surface area contributed by atoms with Gasteiger partial charge in [0.25, 0.3) is 5.91 Å². The maximum Gasteiger partial charge on any atom is 0.293 e. The minimum atomic E-state index is -0.328. The van der Waals surface area contributed by atoms with E-state index < -0.39 is 0 Å². The molecule has 1 heterocycles. The van der Waals surface area contributed by atoms with Crippen LogP contribution in [0.5, 0.6) is 0 Å². The molecule has 0 spiro atoms. The minimum Gasteiger partial charge on any atom is -0.394 e. The number of carbonyl (C=O) groups excluding carboxylic acids is 1. The van der Waals surface area contributed by atoms with Crippen molar-refractivity contribution in [3.05, 3.63) is 58.9 Å². The molecule has 0 bridgehead atoms. The second-order valence-corrected chi connectivity index (χ2v) is 3.81. The summed E-state index contributed by atoms with van der Waals surface area (Å²) < 4.78 is 0. The molecule has 0 atom stereocenters. The van der Waals surface area contributed by atoms with Gasteiger partial charge in [0.05, 0.1) is 0 Å². The number of nitrogens with two attached hydrogens (primary N) is 1. The monoisotopic (exact) mass is 213 g/mol.